The fourth-order valence-electron chi connectivity index (χ4n) is 4.52. The van der Waals surface area contributed by atoms with Gasteiger partial charge in [-0.1, -0.05) is 18.0 Å². The molecule has 7 heteroatoms. The third-order valence-electron chi connectivity index (χ3n) is 5.68. The fraction of sp³-hybridized carbons (Fsp3) is 0.632. The highest BCUT2D eigenvalue weighted by atomic mass is 35.5. The smallest absolute Gasteiger partial charge is 0.253 e. The van der Waals surface area contributed by atoms with Crippen molar-refractivity contribution in [3.05, 3.63) is 28.8 Å². The first-order valence-corrected chi connectivity index (χ1v) is 11.2. The maximum atomic E-state index is 12.7. The van der Waals surface area contributed by atoms with E-state index in [9.17, 15) is 13.2 Å². The Morgan fingerprint density at radius 2 is 1.92 bits per heavy atom. The average Bonchev–Trinajstić information content (AvgIpc) is 3.16. The first-order chi connectivity index (χ1) is 12.2. The third kappa shape index (κ3) is 4.07. The second-order valence-corrected chi connectivity index (χ2v) is 10.1. The lowest BCUT2D eigenvalue weighted by Crippen LogP contribution is -2.40. The van der Waals surface area contributed by atoms with Gasteiger partial charge >= 0.3 is 0 Å². The van der Waals surface area contributed by atoms with Crippen molar-refractivity contribution in [2.75, 3.05) is 0 Å². The Bertz CT molecular complexity index is 794. The van der Waals surface area contributed by atoms with Crippen molar-refractivity contribution in [2.45, 2.75) is 63.4 Å². The van der Waals surface area contributed by atoms with Crippen LogP contribution in [0.4, 0.5) is 0 Å². The minimum atomic E-state index is -3.67. The molecule has 2 N–H and O–H groups in total. The molecule has 4 unspecified atom stereocenters. The van der Waals surface area contributed by atoms with E-state index in [1.807, 2.05) is 6.92 Å². The van der Waals surface area contributed by atoms with E-state index in [-0.39, 0.29) is 33.5 Å². The summed E-state index contributed by atoms with van der Waals surface area (Å²) in [5.74, 6) is 1.70. The Hall–Kier alpha value is -1.11. The zero-order chi connectivity index (χ0) is 19.1. The standard InChI is InChI=1S/C19H27ClN2O3S/c1-11(2)22-26(24,25)15-6-7-18(20)17(10-15)19(23)21-12(3)16-9-13-4-5-14(16)8-13/h6-7,10-14,16,22H,4-5,8-9H2,1-3H3,(H,21,23). The SMILES string of the molecule is CC(C)NS(=O)(=O)c1ccc(Cl)c(C(=O)NC(C)C2CC3CCC2C3)c1. The zero-order valence-corrected chi connectivity index (χ0v) is 17.0. The quantitative estimate of drug-likeness (QED) is 0.768. The van der Waals surface area contributed by atoms with Gasteiger partial charge in [0, 0.05) is 12.1 Å². The van der Waals surface area contributed by atoms with Gasteiger partial charge < -0.3 is 5.32 Å². The average molecular weight is 399 g/mol. The predicted octanol–water partition coefficient (Wildman–Crippen LogP) is 3.58. The molecule has 2 fully saturated rings. The zero-order valence-electron chi connectivity index (χ0n) is 15.5. The van der Waals surface area contributed by atoms with Crippen LogP contribution in [-0.2, 0) is 10.0 Å². The van der Waals surface area contributed by atoms with Gasteiger partial charge in [0.15, 0.2) is 0 Å². The normalized spacial score (nSPS) is 26.3. The number of hydrogen-bond donors (Lipinski definition) is 2. The molecule has 2 bridgehead atoms. The maximum absolute atomic E-state index is 12.7. The first-order valence-electron chi connectivity index (χ1n) is 9.30. The van der Waals surface area contributed by atoms with Crippen molar-refractivity contribution in [1.29, 1.82) is 0 Å². The fourth-order valence-corrected chi connectivity index (χ4v) is 6.00. The van der Waals surface area contributed by atoms with Gasteiger partial charge in [0.25, 0.3) is 5.91 Å². The monoisotopic (exact) mass is 398 g/mol. The molecule has 1 aromatic rings. The molecule has 0 saturated heterocycles. The van der Waals surface area contributed by atoms with E-state index in [0.717, 1.165) is 5.92 Å². The van der Waals surface area contributed by atoms with Crippen LogP contribution in [0, 0.1) is 17.8 Å². The topological polar surface area (TPSA) is 75.3 Å². The van der Waals surface area contributed by atoms with Gasteiger partial charge in [-0.05, 0) is 76.0 Å². The highest BCUT2D eigenvalue weighted by molar-refractivity contribution is 7.89. The van der Waals surface area contributed by atoms with Crippen LogP contribution in [0.15, 0.2) is 23.1 Å². The highest BCUT2D eigenvalue weighted by Crippen LogP contribution is 2.49. The van der Waals surface area contributed by atoms with Gasteiger partial charge in [-0.15, -0.1) is 0 Å². The maximum Gasteiger partial charge on any atom is 0.253 e. The van der Waals surface area contributed by atoms with E-state index in [0.29, 0.717) is 11.8 Å². The van der Waals surface area contributed by atoms with Crippen molar-refractivity contribution in [3.8, 4) is 0 Å². The molecule has 0 radical (unpaired) electrons. The number of carbonyl (C=O) groups excluding carboxylic acids is 1. The molecule has 0 heterocycles. The molecular formula is C19H27ClN2O3S. The third-order valence-corrected chi connectivity index (χ3v) is 7.66. The number of carbonyl (C=O) groups is 1. The lowest BCUT2D eigenvalue weighted by molar-refractivity contribution is 0.0915. The van der Waals surface area contributed by atoms with Gasteiger partial charge in [-0.3, -0.25) is 4.79 Å². The molecule has 4 atom stereocenters. The van der Waals surface area contributed by atoms with E-state index in [2.05, 4.69) is 10.0 Å². The first kappa shape index (κ1) is 19.6. The number of sulfonamides is 1. The van der Waals surface area contributed by atoms with E-state index < -0.39 is 10.0 Å². The molecule has 2 aliphatic rings. The van der Waals surface area contributed by atoms with Crippen LogP contribution >= 0.6 is 11.6 Å². The second-order valence-electron chi connectivity index (χ2n) is 8.02. The molecule has 1 amide bonds. The number of hydrogen-bond acceptors (Lipinski definition) is 3. The van der Waals surface area contributed by atoms with Crippen LogP contribution in [0.1, 0.15) is 56.8 Å². The summed E-state index contributed by atoms with van der Waals surface area (Å²) in [6, 6.07) is 4.07. The van der Waals surface area contributed by atoms with Crippen molar-refractivity contribution in [1.82, 2.24) is 10.0 Å². The lowest BCUT2D eigenvalue weighted by Gasteiger charge is -2.28. The number of amides is 1. The number of benzene rings is 1. The number of rotatable bonds is 6. The van der Waals surface area contributed by atoms with E-state index in [1.165, 1.54) is 43.9 Å². The van der Waals surface area contributed by atoms with Crippen molar-refractivity contribution < 1.29 is 13.2 Å². The molecular weight excluding hydrogens is 372 g/mol. The van der Waals surface area contributed by atoms with Crippen LogP contribution < -0.4 is 10.0 Å². The van der Waals surface area contributed by atoms with E-state index in [1.54, 1.807) is 13.8 Å². The van der Waals surface area contributed by atoms with Gasteiger partial charge in [0.05, 0.1) is 15.5 Å². The molecule has 26 heavy (non-hydrogen) atoms. The van der Waals surface area contributed by atoms with Crippen LogP contribution in [0.3, 0.4) is 0 Å². The van der Waals surface area contributed by atoms with E-state index in [4.69, 9.17) is 11.6 Å². The van der Waals surface area contributed by atoms with Crippen molar-refractivity contribution in [2.24, 2.45) is 17.8 Å². The summed E-state index contributed by atoms with van der Waals surface area (Å²) in [5.41, 5.74) is 0.202. The Labute approximate surface area is 160 Å². The summed E-state index contributed by atoms with van der Waals surface area (Å²) in [5, 5.41) is 3.30. The number of nitrogens with one attached hydrogen (secondary N) is 2. The Morgan fingerprint density at radius 3 is 2.50 bits per heavy atom. The van der Waals surface area contributed by atoms with Crippen LogP contribution in [0.25, 0.3) is 0 Å². The molecule has 1 aromatic carbocycles. The molecule has 2 saturated carbocycles. The van der Waals surface area contributed by atoms with Gasteiger partial charge in [-0.25, -0.2) is 13.1 Å². The Kier molecular flexibility index (Phi) is 5.66. The molecule has 3 rings (SSSR count). The summed E-state index contributed by atoms with van der Waals surface area (Å²) < 4.78 is 27.2. The lowest BCUT2D eigenvalue weighted by atomic mass is 9.84. The summed E-state index contributed by atoms with van der Waals surface area (Å²) in [6.07, 6.45) is 5.02. The van der Waals surface area contributed by atoms with Crippen molar-refractivity contribution in [3.63, 3.8) is 0 Å². The number of fused-ring (bicyclic) bond motifs is 2. The van der Waals surface area contributed by atoms with Gasteiger partial charge in [-0.2, -0.15) is 0 Å². The number of halogens is 1. The molecule has 2 aliphatic carbocycles. The Morgan fingerprint density at radius 1 is 1.19 bits per heavy atom. The second kappa shape index (κ2) is 7.49. The summed E-state index contributed by atoms with van der Waals surface area (Å²) in [6.45, 7) is 5.54. The van der Waals surface area contributed by atoms with Crippen molar-refractivity contribution >= 4 is 27.5 Å². The minimum Gasteiger partial charge on any atom is -0.349 e. The van der Waals surface area contributed by atoms with Gasteiger partial charge in [0.2, 0.25) is 10.0 Å². The van der Waals surface area contributed by atoms with E-state index >= 15 is 0 Å². The largest absolute Gasteiger partial charge is 0.349 e. The van der Waals surface area contributed by atoms with Crippen LogP contribution in [0.5, 0.6) is 0 Å². The molecule has 0 aromatic heterocycles. The van der Waals surface area contributed by atoms with Crippen LogP contribution in [-0.4, -0.2) is 26.4 Å². The minimum absolute atomic E-state index is 0.0494. The summed E-state index contributed by atoms with van der Waals surface area (Å²) >= 11 is 6.18. The molecule has 144 valence electrons. The summed E-state index contributed by atoms with van der Waals surface area (Å²) in [7, 11) is -3.67. The molecule has 0 aliphatic heterocycles. The summed E-state index contributed by atoms with van der Waals surface area (Å²) in [4.78, 5) is 12.8. The van der Waals surface area contributed by atoms with Crippen LogP contribution in [0.2, 0.25) is 5.02 Å². The highest BCUT2D eigenvalue weighted by Gasteiger charge is 2.42. The van der Waals surface area contributed by atoms with Gasteiger partial charge in [0.1, 0.15) is 0 Å². The molecule has 0 spiro atoms. The molecule has 5 nitrogen and oxygen atoms in total. The Balaban J connectivity index is 1.75. The predicted molar refractivity (Wildman–Crippen MR) is 103 cm³/mol.